The maximum atomic E-state index is 9.59. The van der Waals surface area contributed by atoms with Crippen LogP contribution in [0, 0.1) is 0 Å². The average molecular weight is 228 g/mol. The summed E-state index contributed by atoms with van der Waals surface area (Å²) in [4.78, 5) is 0. The minimum Gasteiger partial charge on any atom is -0.509 e. The van der Waals surface area contributed by atoms with Crippen molar-refractivity contribution >= 4 is 11.8 Å². The van der Waals surface area contributed by atoms with Crippen molar-refractivity contribution in [2.24, 2.45) is 0 Å². The topological polar surface area (TPSA) is 33.4 Å². The largest absolute Gasteiger partial charge is 0.509 e. The molecule has 2 rings (SSSR count). The lowest BCUT2D eigenvalue weighted by atomic mass is 10.1. The standard InChI is InChI=1S/C15H16O2/c1-3-13-10-17-15(11(2)16)14(13)9-12-7-5-4-6-8-12/h4-10,16H,3H2,1-2H3. The van der Waals surface area contributed by atoms with Crippen LogP contribution in [0.5, 0.6) is 0 Å². The van der Waals surface area contributed by atoms with Crippen LogP contribution < -0.4 is 10.6 Å². The van der Waals surface area contributed by atoms with Gasteiger partial charge >= 0.3 is 0 Å². The molecule has 0 spiro atoms. The fraction of sp³-hybridized carbons (Fsp3) is 0.200. The Morgan fingerprint density at radius 2 is 2.00 bits per heavy atom. The number of furan rings is 1. The summed E-state index contributed by atoms with van der Waals surface area (Å²) in [5.74, 6) is 0.215. The van der Waals surface area contributed by atoms with Crippen LogP contribution in [0.2, 0.25) is 0 Å². The van der Waals surface area contributed by atoms with Crippen molar-refractivity contribution in [1.29, 1.82) is 0 Å². The quantitative estimate of drug-likeness (QED) is 0.856. The molecule has 0 bridgehead atoms. The lowest BCUT2D eigenvalue weighted by Crippen LogP contribution is -2.25. The fourth-order valence-electron chi connectivity index (χ4n) is 1.83. The summed E-state index contributed by atoms with van der Waals surface area (Å²) in [5.41, 5.74) is 2.77. The first-order valence-corrected chi connectivity index (χ1v) is 5.75. The summed E-state index contributed by atoms with van der Waals surface area (Å²) in [6.45, 7) is 3.71. The van der Waals surface area contributed by atoms with Crippen LogP contribution in [0.25, 0.3) is 11.8 Å². The second kappa shape index (κ2) is 4.91. The van der Waals surface area contributed by atoms with Gasteiger partial charge in [0.15, 0.2) is 5.42 Å². The summed E-state index contributed by atoms with van der Waals surface area (Å²) < 4.78 is 5.40. The van der Waals surface area contributed by atoms with Gasteiger partial charge in [0.25, 0.3) is 0 Å². The lowest BCUT2D eigenvalue weighted by molar-refractivity contribution is 0.451. The van der Waals surface area contributed by atoms with E-state index < -0.39 is 0 Å². The Balaban J connectivity index is 2.70. The molecule has 0 aliphatic carbocycles. The van der Waals surface area contributed by atoms with Crippen LogP contribution in [0.15, 0.2) is 41.0 Å². The van der Waals surface area contributed by atoms with E-state index in [4.69, 9.17) is 4.42 Å². The van der Waals surface area contributed by atoms with Crippen LogP contribution in [-0.4, -0.2) is 5.11 Å². The third kappa shape index (κ3) is 2.41. The Labute approximate surface area is 101 Å². The molecule has 0 unspecified atom stereocenters. The van der Waals surface area contributed by atoms with E-state index in [1.54, 1.807) is 13.2 Å². The first-order valence-electron chi connectivity index (χ1n) is 5.75. The molecule has 17 heavy (non-hydrogen) atoms. The van der Waals surface area contributed by atoms with E-state index in [-0.39, 0.29) is 5.76 Å². The minimum absolute atomic E-state index is 0.215. The number of rotatable bonds is 2. The van der Waals surface area contributed by atoms with Gasteiger partial charge < -0.3 is 9.52 Å². The lowest BCUT2D eigenvalue weighted by Gasteiger charge is -1.92. The highest BCUT2D eigenvalue weighted by Gasteiger charge is 2.02. The van der Waals surface area contributed by atoms with Gasteiger partial charge in [0, 0.05) is 5.22 Å². The van der Waals surface area contributed by atoms with Crippen molar-refractivity contribution < 1.29 is 9.52 Å². The second-order valence-corrected chi connectivity index (χ2v) is 4.00. The van der Waals surface area contributed by atoms with Crippen LogP contribution in [0.3, 0.4) is 0 Å². The molecule has 1 heterocycles. The van der Waals surface area contributed by atoms with Crippen molar-refractivity contribution in [3.63, 3.8) is 0 Å². The molecule has 0 fully saturated rings. The summed E-state index contributed by atoms with van der Waals surface area (Å²) in [6.07, 6.45) is 4.64. The van der Waals surface area contributed by atoms with Gasteiger partial charge in [-0.05, 0) is 30.5 Å². The highest BCUT2D eigenvalue weighted by atomic mass is 16.3. The molecule has 2 heteroatoms. The molecule has 0 aliphatic rings. The van der Waals surface area contributed by atoms with Gasteiger partial charge in [-0.2, -0.15) is 0 Å². The summed E-state index contributed by atoms with van der Waals surface area (Å²) in [5, 5.41) is 10.6. The van der Waals surface area contributed by atoms with Gasteiger partial charge in [-0.25, -0.2) is 0 Å². The van der Waals surface area contributed by atoms with Crippen molar-refractivity contribution in [2.75, 3.05) is 0 Å². The smallest absolute Gasteiger partial charge is 0.171 e. The van der Waals surface area contributed by atoms with Crippen LogP contribution in [0.1, 0.15) is 25.0 Å². The van der Waals surface area contributed by atoms with Crippen LogP contribution in [0.4, 0.5) is 0 Å². The highest BCUT2D eigenvalue weighted by Crippen LogP contribution is 2.00. The maximum Gasteiger partial charge on any atom is 0.171 e. The summed E-state index contributed by atoms with van der Waals surface area (Å²) in [7, 11) is 0. The van der Waals surface area contributed by atoms with Gasteiger partial charge in [0.1, 0.15) is 5.76 Å². The Bertz CT molecular complexity index is 602. The monoisotopic (exact) mass is 228 g/mol. The van der Waals surface area contributed by atoms with E-state index in [2.05, 4.69) is 6.92 Å². The molecule has 0 aliphatic heterocycles. The minimum atomic E-state index is 0.215. The number of aliphatic hydroxyl groups is 1. The zero-order chi connectivity index (χ0) is 12.3. The second-order valence-electron chi connectivity index (χ2n) is 4.00. The summed E-state index contributed by atoms with van der Waals surface area (Å²) in [6, 6.07) is 10.0. The molecule has 1 N–H and O–H groups in total. The zero-order valence-corrected chi connectivity index (χ0v) is 10.1. The van der Waals surface area contributed by atoms with Crippen molar-refractivity contribution in [1.82, 2.24) is 0 Å². The first kappa shape index (κ1) is 11.5. The first-order chi connectivity index (χ1) is 8.22. The number of hydrogen-bond donors (Lipinski definition) is 1. The normalized spacial score (nSPS) is 13.9. The third-order valence-corrected chi connectivity index (χ3v) is 2.73. The van der Waals surface area contributed by atoms with Gasteiger partial charge in [-0.15, -0.1) is 0 Å². The van der Waals surface area contributed by atoms with E-state index in [1.807, 2.05) is 36.4 Å². The predicted octanol–water partition coefficient (Wildman–Crippen LogP) is 2.36. The molecule has 0 saturated heterocycles. The van der Waals surface area contributed by atoms with Gasteiger partial charge in [0.2, 0.25) is 0 Å². The van der Waals surface area contributed by atoms with E-state index in [1.165, 1.54) is 0 Å². The average Bonchev–Trinajstić information content (AvgIpc) is 2.73. The van der Waals surface area contributed by atoms with Gasteiger partial charge in [-0.1, -0.05) is 37.3 Å². The Morgan fingerprint density at radius 1 is 1.29 bits per heavy atom. The molecule has 2 nitrogen and oxygen atoms in total. The molecule has 0 atom stereocenters. The Morgan fingerprint density at radius 3 is 2.59 bits per heavy atom. The SMILES string of the molecule is CCc1coc(=C(C)O)c1=Cc1ccccc1. The van der Waals surface area contributed by atoms with E-state index in [9.17, 15) is 5.11 Å². The molecule has 0 saturated carbocycles. The Hall–Kier alpha value is -1.96. The fourth-order valence-corrected chi connectivity index (χ4v) is 1.83. The molecule has 0 amide bonds. The van der Waals surface area contributed by atoms with Crippen LogP contribution in [-0.2, 0) is 6.42 Å². The third-order valence-electron chi connectivity index (χ3n) is 2.73. The molecule has 88 valence electrons. The van der Waals surface area contributed by atoms with Crippen LogP contribution >= 0.6 is 0 Å². The molecule has 1 aromatic carbocycles. The predicted molar refractivity (Wildman–Crippen MR) is 69.1 cm³/mol. The van der Waals surface area contributed by atoms with E-state index >= 15 is 0 Å². The Kier molecular flexibility index (Phi) is 3.33. The van der Waals surface area contributed by atoms with E-state index in [0.717, 1.165) is 22.8 Å². The number of benzene rings is 1. The van der Waals surface area contributed by atoms with Crippen molar-refractivity contribution in [3.8, 4) is 0 Å². The summed E-state index contributed by atoms with van der Waals surface area (Å²) >= 11 is 0. The molecular formula is C15H16O2. The van der Waals surface area contributed by atoms with E-state index in [0.29, 0.717) is 5.42 Å². The number of aliphatic hydroxyl groups excluding tert-OH is 1. The number of aryl methyl sites for hydroxylation is 1. The maximum absolute atomic E-state index is 9.59. The zero-order valence-electron chi connectivity index (χ0n) is 10.1. The highest BCUT2D eigenvalue weighted by molar-refractivity contribution is 5.51. The molecule has 1 aromatic heterocycles. The van der Waals surface area contributed by atoms with Crippen molar-refractivity contribution in [2.45, 2.75) is 20.3 Å². The van der Waals surface area contributed by atoms with Gasteiger partial charge in [-0.3, -0.25) is 0 Å². The molecular weight excluding hydrogens is 212 g/mol. The van der Waals surface area contributed by atoms with Gasteiger partial charge in [0.05, 0.1) is 6.26 Å². The van der Waals surface area contributed by atoms with Crippen molar-refractivity contribution in [3.05, 3.63) is 58.4 Å². The molecule has 2 aromatic rings. The molecule has 0 radical (unpaired) electrons. The number of hydrogen-bond acceptors (Lipinski definition) is 2.